The summed E-state index contributed by atoms with van der Waals surface area (Å²) in [4.78, 5) is 0. The Bertz CT molecular complexity index is 341. The van der Waals surface area contributed by atoms with Crippen LogP contribution in [0.25, 0.3) is 0 Å². The molecule has 1 N–H and O–H groups in total. The molecular weight excluding hydrogens is 248 g/mol. The first kappa shape index (κ1) is 15.9. The first-order valence-corrected chi connectivity index (χ1v) is 8.52. The van der Waals surface area contributed by atoms with Crippen molar-refractivity contribution in [2.75, 3.05) is 13.1 Å². The van der Waals surface area contributed by atoms with Gasteiger partial charge in [0.1, 0.15) is 0 Å². The summed E-state index contributed by atoms with van der Waals surface area (Å²) < 4.78 is 28.8. The van der Waals surface area contributed by atoms with Gasteiger partial charge in [-0.25, -0.2) is 0 Å². The zero-order valence-corrected chi connectivity index (χ0v) is 13.0. The van der Waals surface area contributed by atoms with Crippen molar-refractivity contribution in [1.29, 1.82) is 0 Å². The topological polar surface area (TPSA) is 49.4 Å². The molecule has 1 aliphatic rings. The number of hydrogen-bond acceptors (Lipinski definition) is 2. The predicted octanol–water partition coefficient (Wildman–Crippen LogP) is 2.38. The molecule has 0 aromatic carbocycles. The van der Waals surface area contributed by atoms with Gasteiger partial charge < -0.3 is 0 Å². The van der Waals surface area contributed by atoms with E-state index >= 15 is 0 Å². The molecule has 0 amide bonds. The SMILES string of the molecule is CC(C)CCC(C)NS(=O)(=O)N1CCCC(C)C1. The zero-order chi connectivity index (χ0) is 13.8. The number of piperidine rings is 1. The van der Waals surface area contributed by atoms with Crippen molar-refractivity contribution in [2.45, 2.75) is 59.4 Å². The maximum absolute atomic E-state index is 12.2. The molecule has 2 unspecified atom stereocenters. The molecule has 1 aliphatic heterocycles. The van der Waals surface area contributed by atoms with Gasteiger partial charge in [-0.1, -0.05) is 20.8 Å². The van der Waals surface area contributed by atoms with Crippen LogP contribution in [0.15, 0.2) is 0 Å². The highest BCUT2D eigenvalue weighted by Crippen LogP contribution is 2.18. The Kier molecular flexibility index (Phi) is 6.08. The summed E-state index contributed by atoms with van der Waals surface area (Å²) in [7, 11) is -3.28. The molecule has 1 saturated heterocycles. The lowest BCUT2D eigenvalue weighted by Crippen LogP contribution is -2.48. The summed E-state index contributed by atoms with van der Waals surface area (Å²) >= 11 is 0. The van der Waals surface area contributed by atoms with Gasteiger partial charge in [-0.15, -0.1) is 0 Å². The lowest BCUT2D eigenvalue weighted by molar-refractivity contribution is 0.276. The molecule has 2 atom stereocenters. The molecule has 4 nitrogen and oxygen atoms in total. The molecule has 0 aliphatic carbocycles. The second-order valence-corrected chi connectivity index (χ2v) is 7.80. The fourth-order valence-electron chi connectivity index (χ4n) is 2.34. The Labute approximate surface area is 112 Å². The second-order valence-electron chi connectivity index (χ2n) is 6.10. The molecule has 0 aromatic heterocycles. The molecule has 0 aromatic rings. The van der Waals surface area contributed by atoms with Crippen molar-refractivity contribution >= 4 is 10.2 Å². The van der Waals surface area contributed by atoms with Crippen LogP contribution >= 0.6 is 0 Å². The van der Waals surface area contributed by atoms with Gasteiger partial charge in [-0.2, -0.15) is 17.4 Å². The van der Waals surface area contributed by atoms with Crippen molar-refractivity contribution in [1.82, 2.24) is 9.03 Å². The highest BCUT2D eigenvalue weighted by atomic mass is 32.2. The highest BCUT2D eigenvalue weighted by molar-refractivity contribution is 7.87. The number of hydrogen-bond donors (Lipinski definition) is 1. The second kappa shape index (κ2) is 6.87. The molecule has 1 fully saturated rings. The van der Waals surface area contributed by atoms with Gasteiger partial charge in [0.25, 0.3) is 10.2 Å². The van der Waals surface area contributed by atoms with Gasteiger partial charge in [0.15, 0.2) is 0 Å². The molecule has 0 bridgehead atoms. The maximum Gasteiger partial charge on any atom is 0.279 e. The average Bonchev–Trinajstić information content (AvgIpc) is 2.26. The van der Waals surface area contributed by atoms with E-state index in [1.165, 1.54) is 0 Å². The predicted molar refractivity (Wildman–Crippen MR) is 75.6 cm³/mol. The van der Waals surface area contributed by atoms with E-state index in [-0.39, 0.29) is 6.04 Å². The monoisotopic (exact) mass is 276 g/mol. The molecule has 1 rings (SSSR count). The van der Waals surface area contributed by atoms with Gasteiger partial charge in [0.2, 0.25) is 0 Å². The Hall–Kier alpha value is -0.130. The highest BCUT2D eigenvalue weighted by Gasteiger charge is 2.27. The molecule has 0 saturated carbocycles. The lowest BCUT2D eigenvalue weighted by atomic mass is 10.0. The van der Waals surface area contributed by atoms with Crippen LogP contribution in [0.4, 0.5) is 0 Å². The third kappa shape index (κ3) is 5.24. The van der Waals surface area contributed by atoms with Crippen molar-refractivity contribution in [3.8, 4) is 0 Å². The molecular formula is C13H28N2O2S. The summed E-state index contributed by atoms with van der Waals surface area (Å²) in [5, 5.41) is 0. The van der Waals surface area contributed by atoms with Gasteiger partial charge in [-0.05, 0) is 44.4 Å². The molecule has 18 heavy (non-hydrogen) atoms. The summed E-state index contributed by atoms with van der Waals surface area (Å²) in [6.45, 7) is 9.71. The third-order valence-corrected chi connectivity index (χ3v) is 5.20. The van der Waals surface area contributed by atoms with Crippen LogP contribution < -0.4 is 4.72 Å². The summed E-state index contributed by atoms with van der Waals surface area (Å²) in [5.41, 5.74) is 0. The van der Waals surface area contributed by atoms with Crippen LogP contribution in [-0.2, 0) is 10.2 Å². The van der Waals surface area contributed by atoms with Crippen molar-refractivity contribution in [2.24, 2.45) is 11.8 Å². The van der Waals surface area contributed by atoms with Crippen molar-refractivity contribution in [3.05, 3.63) is 0 Å². The van der Waals surface area contributed by atoms with Crippen LogP contribution in [0.5, 0.6) is 0 Å². The zero-order valence-electron chi connectivity index (χ0n) is 12.1. The summed E-state index contributed by atoms with van der Waals surface area (Å²) in [6, 6.07) is 0.0228. The standard InChI is InChI=1S/C13H28N2O2S/c1-11(2)7-8-13(4)14-18(16,17)15-9-5-6-12(3)10-15/h11-14H,5-10H2,1-4H3. The molecule has 1 heterocycles. The molecule has 0 spiro atoms. The van der Waals surface area contributed by atoms with Gasteiger partial charge in [-0.3, -0.25) is 0 Å². The minimum Gasteiger partial charge on any atom is -0.199 e. The smallest absolute Gasteiger partial charge is 0.199 e. The largest absolute Gasteiger partial charge is 0.279 e. The third-order valence-electron chi connectivity index (χ3n) is 3.49. The van der Waals surface area contributed by atoms with Crippen LogP contribution in [0.2, 0.25) is 0 Å². The fraction of sp³-hybridized carbons (Fsp3) is 1.00. The van der Waals surface area contributed by atoms with E-state index < -0.39 is 10.2 Å². The van der Waals surface area contributed by atoms with E-state index in [4.69, 9.17) is 0 Å². The van der Waals surface area contributed by atoms with Crippen LogP contribution in [-0.4, -0.2) is 31.9 Å². The minimum atomic E-state index is -3.28. The quantitative estimate of drug-likeness (QED) is 0.809. The van der Waals surface area contributed by atoms with E-state index in [2.05, 4.69) is 25.5 Å². The molecule has 108 valence electrons. The van der Waals surface area contributed by atoms with E-state index in [1.54, 1.807) is 4.31 Å². The Morgan fingerprint density at radius 1 is 1.28 bits per heavy atom. The van der Waals surface area contributed by atoms with E-state index in [1.807, 2.05) is 6.92 Å². The lowest BCUT2D eigenvalue weighted by Gasteiger charge is -2.31. The number of nitrogens with one attached hydrogen (secondary N) is 1. The summed E-state index contributed by atoms with van der Waals surface area (Å²) in [6.07, 6.45) is 4.07. The molecule has 5 heteroatoms. The van der Waals surface area contributed by atoms with Crippen molar-refractivity contribution < 1.29 is 8.42 Å². The van der Waals surface area contributed by atoms with Crippen LogP contribution in [0, 0.1) is 11.8 Å². The normalized spacial score (nSPS) is 24.4. The van der Waals surface area contributed by atoms with Gasteiger partial charge in [0.05, 0.1) is 0 Å². The fourth-order valence-corrected chi connectivity index (χ4v) is 3.93. The van der Waals surface area contributed by atoms with E-state index in [0.29, 0.717) is 24.9 Å². The summed E-state index contributed by atoms with van der Waals surface area (Å²) in [5.74, 6) is 1.09. The average molecular weight is 276 g/mol. The Balaban J connectivity index is 2.47. The van der Waals surface area contributed by atoms with Gasteiger partial charge in [0, 0.05) is 19.1 Å². The number of nitrogens with zero attached hydrogens (tertiary/aromatic N) is 1. The first-order chi connectivity index (χ1) is 8.31. The Morgan fingerprint density at radius 2 is 1.94 bits per heavy atom. The minimum absolute atomic E-state index is 0.0228. The van der Waals surface area contributed by atoms with Crippen LogP contribution in [0.1, 0.15) is 53.4 Å². The van der Waals surface area contributed by atoms with Gasteiger partial charge >= 0.3 is 0 Å². The van der Waals surface area contributed by atoms with Crippen molar-refractivity contribution in [3.63, 3.8) is 0 Å². The van der Waals surface area contributed by atoms with Crippen LogP contribution in [0.3, 0.4) is 0 Å². The Morgan fingerprint density at radius 3 is 2.50 bits per heavy atom. The maximum atomic E-state index is 12.2. The van der Waals surface area contributed by atoms with E-state index in [9.17, 15) is 8.42 Å². The van der Waals surface area contributed by atoms with E-state index in [0.717, 1.165) is 25.7 Å². The first-order valence-electron chi connectivity index (χ1n) is 7.08. The molecule has 0 radical (unpaired) electrons. The number of rotatable bonds is 6.